The summed E-state index contributed by atoms with van der Waals surface area (Å²) in [6.45, 7) is 0. The molecule has 29 heavy (non-hydrogen) atoms. The molecule has 0 spiro atoms. The predicted octanol–water partition coefficient (Wildman–Crippen LogP) is 5.94. The summed E-state index contributed by atoms with van der Waals surface area (Å²) in [4.78, 5) is 12.8. The highest BCUT2D eigenvalue weighted by atomic mass is 32.1. The highest BCUT2D eigenvalue weighted by Gasteiger charge is 2.19. The molecule has 4 rings (SSSR count). The molecule has 0 radical (unpaired) electrons. The smallest absolute Gasteiger partial charge is 0.150 e. The third kappa shape index (κ3) is 3.35. The molecule has 5 heteroatoms. The number of carbonyl (C=O) groups is 1. The number of hydrogen-bond acceptors (Lipinski definition) is 5. The van der Waals surface area contributed by atoms with Crippen LogP contribution in [0.3, 0.4) is 0 Å². The fourth-order valence-electron chi connectivity index (χ4n) is 3.36. The predicted molar refractivity (Wildman–Crippen MR) is 116 cm³/mol. The topological polar surface area (TPSA) is 59.3 Å². The van der Waals surface area contributed by atoms with Gasteiger partial charge in [-0.1, -0.05) is 0 Å². The van der Waals surface area contributed by atoms with E-state index in [-0.39, 0.29) is 0 Å². The summed E-state index contributed by atoms with van der Waals surface area (Å²) in [7, 11) is 3.27. The van der Waals surface area contributed by atoms with Gasteiger partial charge < -0.3 is 9.47 Å². The number of carbonyl (C=O) groups excluding carboxylic acids is 1. The number of nitriles is 1. The molecule has 0 bridgehead atoms. The summed E-state index contributed by atoms with van der Waals surface area (Å²) in [5, 5.41) is 10.4. The molecule has 1 aromatic heterocycles. The van der Waals surface area contributed by atoms with Crippen molar-refractivity contribution < 1.29 is 14.3 Å². The molecule has 0 saturated heterocycles. The van der Waals surface area contributed by atoms with Gasteiger partial charge >= 0.3 is 0 Å². The van der Waals surface area contributed by atoms with E-state index in [1.165, 1.54) is 0 Å². The van der Waals surface area contributed by atoms with Crippen LogP contribution in [-0.4, -0.2) is 20.5 Å². The van der Waals surface area contributed by atoms with Crippen molar-refractivity contribution in [2.45, 2.75) is 0 Å². The van der Waals surface area contributed by atoms with Crippen LogP contribution in [-0.2, 0) is 0 Å². The Morgan fingerprint density at radius 2 is 1.66 bits per heavy atom. The number of fused-ring (bicyclic) bond motifs is 1. The van der Waals surface area contributed by atoms with Crippen LogP contribution in [0.15, 0.2) is 60.7 Å². The standard InChI is InChI=1S/C24H17NO3S/c1-27-18-7-5-16(6-8-18)24-23(20-10-9-19(28-2)12-22(20)29-24)21-11-15(13-25)3-4-17(21)14-26/h3-12,14H,1-2H3. The van der Waals surface area contributed by atoms with E-state index in [2.05, 4.69) is 6.07 Å². The molecule has 0 aliphatic carbocycles. The Balaban J connectivity index is 2.06. The van der Waals surface area contributed by atoms with E-state index in [4.69, 9.17) is 9.47 Å². The van der Waals surface area contributed by atoms with Crippen LogP contribution in [0.25, 0.3) is 31.7 Å². The minimum Gasteiger partial charge on any atom is -0.497 e. The van der Waals surface area contributed by atoms with Crippen molar-refractivity contribution in [3.8, 4) is 39.1 Å². The monoisotopic (exact) mass is 399 g/mol. The fraction of sp³-hybridized carbons (Fsp3) is 0.0833. The average Bonchev–Trinajstić information content (AvgIpc) is 3.17. The lowest BCUT2D eigenvalue weighted by Gasteiger charge is -2.10. The molecule has 0 saturated carbocycles. The van der Waals surface area contributed by atoms with Gasteiger partial charge in [-0.05, 0) is 71.8 Å². The molecule has 0 unspecified atom stereocenters. The van der Waals surface area contributed by atoms with E-state index in [0.717, 1.165) is 49.4 Å². The van der Waals surface area contributed by atoms with Crippen LogP contribution in [0, 0.1) is 11.3 Å². The van der Waals surface area contributed by atoms with Crippen LogP contribution in [0.5, 0.6) is 11.5 Å². The van der Waals surface area contributed by atoms with Crippen LogP contribution < -0.4 is 9.47 Å². The van der Waals surface area contributed by atoms with Gasteiger partial charge in [0.2, 0.25) is 0 Å². The number of nitrogens with zero attached hydrogens (tertiary/aromatic N) is 1. The van der Waals surface area contributed by atoms with Crippen molar-refractivity contribution in [2.24, 2.45) is 0 Å². The van der Waals surface area contributed by atoms with Crippen molar-refractivity contribution >= 4 is 27.7 Å². The average molecular weight is 399 g/mol. The molecule has 142 valence electrons. The zero-order valence-electron chi connectivity index (χ0n) is 15.9. The SMILES string of the molecule is COc1ccc(-c2sc3cc(OC)ccc3c2-c2cc(C#N)ccc2C=O)cc1. The summed E-state index contributed by atoms with van der Waals surface area (Å²) >= 11 is 1.63. The number of thiophene rings is 1. The lowest BCUT2D eigenvalue weighted by atomic mass is 9.94. The zero-order valence-corrected chi connectivity index (χ0v) is 16.7. The molecule has 4 nitrogen and oxygen atoms in total. The van der Waals surface area contributed by atoms with E-state index in [9.17, 15) is 10.1 Å². The molecule has 3 aromatic carbocycles. The molecular formula is C24H17NO3S. The molecule has 1 heterocycles. The summed E-state index contributed by atoms with van der Waals surface area (Å²) in [6, 6.07) is 21.0. The summed E-state index contributed by atoms with van der Waals surface area (Å²) in [6.07, 6.45) is 0.835. The van der Waals surface area contributed by atoms with E-state index in [1.54, 1.807) is 43.8 Å². The van der Waals surface area contributed by atoms with Gasteiger partial charge in [-0.2, -0.15) is 5.26 Å². The maximum absolute atomic E-state index is 11.8. The highest BCUT2D eigenvalue weighted by molar-refractivity contribution is 7.23. The van der Waals surface area contributed by atoms with Gasteiger partial charge in [0.25, 0.3) is 0 Å². The van der Waals surface area contributed by atoms with E-state index in [0.29, 0.717) is 11.1 Å². The maximum Gasteiger partial charge on any atom is 0.150 e. The quantitative estimate of drug-likeness (QED) is 0.390. The summed E-state index contributed by atoms with van der Waals surface area (Å²) in [5.41, 5.74) is 3.77. The van der Waals surface area contributed by atoms with Gasteiger partial charge in [-0.3, -0.25) is 4.79 Å². The third-order valence-corrected chi connectivity index (χ3v) is 6.03. The van der Waals surface area contributed by atoms with Gasteiger partial charge in [0, 0.05) is 26.1 Å². The molecule has 0 aliphatic heterocycles. The third-order valence-electron chi connectivity index (χ3n) is 4.83. The summed E-state index contributed by atoms with van der Waals surface area (Å²) < 4.78 is 11.7. The fourth-order valence-corrected chi connectivity index (χ4v) is 4.61. The first-order chi connectivity index (χ1) is 14.2. The second kappa shape index (κ2) is 7.78. The Kier molecular flexibility index (Phi) is 5.03. The second-order valence-electron chi connectivity index (χ2n) is 6.43. The van der Waals surface area contributed by atoms with Gasteiger partial charge in [-0.25, -0.2) is 0 Å². The Labute approximate surface area is 172 Å². The first-order valence-corrected chi connectivity index (χ1v) is 9.74. The van der Waals surface area contributed by atoms with Crippen LogP contribution >= 0.6 is 11.3 Å². The Hall–Kier alpha value is -3.62. The first kappa shape index (κ1) is 18.7. The lowest BCUT2D eigenvalue weighted by Crippen LogP contribution is -1.91. The van der Waals surface area contributed by atoms with E-state index >= 15 is 0 Å². The van der Waals surface area contributed by atoms with Gasteiger partial charge in [0.1, 0.15) is 11.5 Å². The highest BCUT2D eigenvalue weighted by Crippen LogP contribution is 2.46. The number of methoxy groups -OCH3 is 2. The Bertz CT molecular complexity index is 1250. The Morgan fingerprint density at radius 1 is 0.931 bits per heavy atom. The lowest BCUT2D eigenvalue weighted by molar-refractivity contribution is 0.112. The molecule has 4 aromatic rings. The number of benzene rings is 3. The van der Waals surface area contributed by atoms with Crippen molar-refractivity contribution in [2.75, 3.05) is 14.2 Å². The molecule has 0 aliphatic rings. The molecule has 0 fully saturated rings. The molecule has 0 N–H and O–H groups in total. The molecule has 0 amide bonds. The molecule has 0 atom stereocenters. The number of rotatable bonds is 5. The molecular weight excluding hydrogens is 382 g/mol. The van der Waals surface area contributed by atoms with Gasteiger partial charge in [0.05, 0.1) is 25.9 Å². The van der Waals surface area contributed by atoms with Gasteiger partial charge in [0.15, 0.2) is 6.29 Å². The second-order valence-corrected chi connectivity index (χ2v) is 7.48. The van der Waals surface area contributed by atoms with Crippen LogP contribution in [0.1, 0.15) is 15.9 Å². The van der Waals surface area contributed by atoms with Gasteiger partial charge in [-0.15, -0.1) is 11.3 Å². The van der Waals surface area contributed by atoms with Crippen molar-refractivity contribution in [1.29, 1.82) is 5.26 Å². The zero-order chi connectivity index (χ0) is 20.4. The van der Waals surface area contributed by atoms with E-state index < -0.39 is 0 Å². The minimum absolute atomic E-state index is 0.513. The summed E-state index contributed by atoms with van der Waals surface area (Å²) in [5.74, 6) is 1.55. The van der Waals surface area contributed by atoms with Crippen molar-refractivity contribution in [3.63, 3.8) is 0 Å². The maximum atomic E-state index is 11.8. The number of ether oxygens (including phenoxy) is 2. The minimum atomic E-state index is 0.513. The van der Waals surface area contributed by atoms with Crippen molar-refractivity contribution in [1.82, 2.24) is 0 Å². The van der Waals surface area contributed by atoms with Crippen LogP contribution in [0.2, 0.25) is 0 Å². The number of hydrogen-bond donors (Lipinski definition) is 0. The number of aldehydes is 1. The van der Waals surface area contributed by atoms with Crippen LogP contribution in [0.4, 0.5) is 0 Å². The largest absolute Gasteiger partial charge is 0.497 e. The Morgan fingerprint density at radius 3 is 2.31 bits per heavy atom. The van der Waals surface area contributed by atoms with Crippen molar-refractivity contribution in [3.05, 3.63) is 71.8 Å². The first-order valence-electron chi connectivity index (χ1n) is 8.93. The normalized spacial score (nSPS) is 10.5. The van der Waals surface area contributed by atoms with E-state index in [1.807, 2.05) is 42.5 Å².